The van der Waals surface area contributed by atoms with E-state index in [2.05, 4.69) is 0 Å². The zero-order valence-electron chi connectivity index (χ0n) is 12.1. The first kappa shape index (κ1) is 17.0. The molecule has 1 aromatic carbocycles. The molecular weight excluding hydrogens is 333 g/mol. The van der Waals surface area contributed by atoms with Crippen LogP contribution in [0.5, 0.6) is 0 Å². The third-order valence-electron chi connectivity index (χ3n) is 3.72. The monoisotopic (exact) mass is 351 g/mol. The van der Waals surface area contributed by atoms with Crippen molar-refractivity contribution in [2.75, 3.05) is 26.8 Å². The minimum Gasteiger partial charge on any atom is -0.384 e. The molecule has 7 heteroatoms. The minimum atomic E-state index is -3.60. The molecule has 1 atom stereocenters. The lowest BCUT2D eigenvalue weighted by Gasteiger charge is -2.31. The van der Waals surface area contributed by atoms with Crippen LogP contribution in [0.4, 0.5) is 0 Å². The third kappa shape index (κ3) is 3.71. The number of nitrogens with zero attached hydrogens (tertiary/aromatic N) is 1. The standard InChI is InChI=1S/C14H19Cl2NO3S/c1-10-6-14(13(16)7-12(10)15)21(18,19)17-5-3-4-11(8-17)9-20-2/h6-7,11H,3-5,8-9H2,1-2H3. The van der Waals surface area contributed by atoms with E-state index in [0.29, 0.717) is 30.3 Å². The lowest BCUT2D eigenvalue weighted by molar-refractivity contribution is 0.118. The molecule has 0 saturated carbocycles. The highest BCUT2D eigenvalue weighted by Gasteiger charge is 2.31. The SMILES string of the molecule is COCC1CCCN(S(=O)(=O)c2cc(C)c(Cl)cc2Cl)C1. The number of sulfonamides is 1. The normalized spacial score (nSPS) is 20.7. The maximum absolute atomic E-state index is 12.8. The Labute approximate surface area is 136 Å². The van der Waals surface area contributed by atoms with Gasteiger partial charge >= 0.3 is 0 Å². The molecule has 0 aliphatic carbocycles. The molecule has 0 bridgehead atoms. The third-order valence-corrected chi connectivity index (χ3v) is 6.45. The second-order valence-electron chi connectivity index (χ2n) is 5.36. The lowest BCUT2D eigenvalue weighted by atomic mass is 10.0. The van der Waals surface area contributed by atoms with Crippen LogP contribution in [-0.2, 0) is 14.8 Å². The smallest absolute Gasteiger partial charge is 0.244 e. The molecule has 1 aliphatic heterocycles. The van der Waals surface area contributed by atoms with Crippen molar-refractivity contribution < 1.29 is 13.2 Å². The van der Waals surface area contributed by atoms with Crippen molar-refractivity contribution in [1.82, 2.24) is 4.31 Å². The number of rotatable bonds is 4. The summed E-state index contributed by atoms with van der Waals surface area (Å²) < 4.78 is 32.2. The molecule has 0 radical (unpaired) electrons. The van der Waals surface area contributed by atoms with Crippen LogP contribution in [0, 0.1) is 12.8 Å². The predicted molar refractivity (Wildman–Crippen MR) is 84.6 cm³/mol. The van der Waals surface area contributed by atoms with Gasteiger partial charge in [-0.05, 0) is 43.4 Å². The van der Waals surface area contributed by atoms with Crippen LogP contribution in [0.1, 0.15) is 18.4 Å². The van der Waals surface area contributed by atoms with Crippen molar-refractivity contribution in [2.24, 2.45) is 5.92 Å². The number of methoxy groups -OCH3 is 1. The Hall–Kier alpha value is -0.330. The first-order valence-corrected chi connectivity index (χ1v) is 9.00. The van der Waals surface area contributed by atoms with E-state index in [1.165, 1.54) is 10.4 Å². The zero-order valence-corrected chi connectivity index (χ0v) is 14.4. The van der Waals surface area contributed by atoms with Gasteiger partial charge in [0.15, 0.2) is 0 Å². The number of hydrogen-bond acceptors (Lipinski definition) is 3. The molecule has 1 aliphatic rings. The summed E-state index contributed by atoms with van der Waals surface area (Å²) in [7, 11) is -1.96. The quantitative estimate of drug-likeness (QED) is 0.835. The van der Waals surface area contributed by atoms with Crippen molar-refractivity contribution >= 4 is 33.2 Å². The maximum atomic E-state index is 12.8. The second kappa shape index (κ2) is 6.84. The van der Waals surface area contributed by atoms with E-state index in [1.807, 2.05) is 0 Å². The van der Waals surface area contributed by atoms with E-state index >= 15 is 0 Å². The van der Waals surface area contributed by atoms with E-state index in [1.54, 1.807) is 20.1 Å². The van der Waals surface area contributed by atoms with Crippen molar-refractivity contribution in [2.45, 2.75) is 24.7 Å². The van der Waals surface area contributed by atoms with Gasteiger partial charge in [-0.3, -0.25) is 0 Å². The molecule has 21 heavy (non-hydrogen) atoms. The van der Waals surface area contributed by atoms with Crippen LogP contribution in [0.2, 0.25) is 10.0 Å². The fraction of sp³-hybridized carbons (Fsp3) is 0.571. The first-order valence-electron chi connectivity index (χ1n) is 6.81. The van der Waals surface area contributed by atoms with Gasteiger partial charge in [-0.1, -0.05) is 23.2 Å². The summed E-state index contributed by atoms with van der Waals surface area (Å²) in [6.45, 7) is 3.32. The van der Waals surface area contributed by atoms with Gasteiger partial charge < -0.3 is 4.74 Å². The Morgan fingerprint density at radius 3 is 2.71 bits per heavy atom. The average molecular weight is 352 g/mol. The molecule has 0 N–H and O–H groups in total. The number of halogens is 2. The molecule has 0 aromatic heterocycles. The fourth-order valence-electron chi connectivity index (χ4n) is 2.58. The Kier molecular flexibility index (Phi) is 5.54. The predicted octanol–water partition coefficient (Wildman–Crippen LogP) is 3.35. The number of ether oxygens (including phenoxy) is 1. The highest BCUT2D eigenvalue weighted by molar-refractivity contribution is 7.89. The number of benzene rings is 1. The van der Waals surface area contributed by atoms with Gasteiger partial charge in [0.25, 0.3) is 0 Å². The van der Waals surface area contributed by atoms with Gasteiger partial charge in [0, 0.05) is 25.2 Å². The molecule has 4 nitrogen and oxygen atoms in total. The lowest BCUT2D eigenvalue weighted by Crippen LogP contribution is -2.41. The Balaban J connectivity index is 2.31. The van der Waals surface area contributed by atoms with Crippen molar-refractivity contribution in [3.05, 3.63) is 27.7 Å². The van der Waals surface area contributed by atoms with Crippen LogP contribution in [0.25, 0.3) is 0 Å². The van der Waals surface area contributed by atoms with E-state index < -0.39 is 10.0 Å². The van der Waals surface area contributed by atoms with E-state index in [0.717, 1.165) is 12.8 Å². The number of piperidine rings is 1. The summed E-state index contributed by atoms with van der Waals surface area (Å²) in [4.78, 5) is 0.129. The van der Waals surface area contributed by atoms with Crippen LogP contribution in [0.15, 0.2) is 17.0 Å². The van der Waals surface area contributed by atoms with Crippen molar-refractivity contribution in [3.8, 4) is 0 Å². The van der Waals surface area contributed by atoms with Crippen LogP contribution in [0.3, 0.4) is 0 Å². The maximum Gasteiger partial charge on any atom is 0.244 e. The Bertz CT molecular complexity index is 617. The molecule has 1 fully saturated rings. The van der Waals surface area contributed by atoms with Gasteiger partial charge in [-0.2, -0.15) is 4.31 Å². The average Bonchev–Trinajstić information content (AvgIpc) is 2.43. The van der Waals surface area contributed by atoms with Crippen molar-refractivity contribution in [1.29, 1.82) is 0 Å². The van der Waals surface area contributed by atoms with Gasteiger partial charge in [-0.15, -0.1) is 0 Å². The summed E-state index contributed by atoms with van der Waals surface area (Å²) >= 11 is 12.1. The number of aryl methyl sites for hydroxylation is 1. The molecule has 0 amide bonds. The van der Waals surface area contributed by atoms with Crippen LogP contribution < -0.4 is 0 Å². The molecule has 1 aromatic rings. The Morgan fingerprint density at radius 1 is 1.33 bits per heavy atom. The van der Waals surface area contributed by atoms with Gasteiger partial charge in [0.1, 0.15) is 4.90 Å². The van der Waals surface area contributed by atoms with Crippen molar-refractivity contribution in [3.63, 3.8) is 0 Å². The van der Waals surface area contributed by atoms with E-state index in [9.17, 15) is 8.42 Å². The largest absolute Gasteiger partial charge is 0.384 e. The summed E-state index contributed by atoms with van der Waals surface area (Å²) in [5, 5.41) is 0.634. The molecule has 1 saturated heterocycles. The molecule has 118 valence electrons. The molecule has 0 spiro atoms. The zero-order chi connectivity index (χ0) is 15.6. The van der Waals surface area contributed by atoms with Crippen LogP contribution >= 0.6 is 23.2 Å². The Morgan fingerprint density at radius 2 is 2.05 bits per heavy atom. The summed E-state index contributed by atoms with van der Waals surface area (Å²) in [6, 6.07) is 3.03. The molecule has 1 unspecified atom stereocenters. The molecule has 2 rings (SSSR count). The van der Waals surface area contributed by atoms with E-state index in [-0.39, 0.29) is 15.8 Å². The van der Waals surface area contributed by atoms with E-state index in [4.69, 9.17) is 27.9 Å². The molecular formula is C14H19Cl2NO3S. The fourth-order valence-corrected chi connectivity index (χ4v) is 4.95. The second-order valence-corrected chi connectivity index (χ2v) is 8.08. The highest BCUT2D eigenvalue weighted by atomic mass is 35.5. The highest BCUT2D eigenvalue weighted by Crippen LogP contribution is 2.32. The van der Waals surface area contributed by atoms with Crippen LogP contribution in [-0.4, -0.2) is 39.5 Å². The number of hydrogen-bond donors (Lipinski definition) is 0. The van der Waals surface area contributed by atoms with Gasteiger partial charge in [-0.25, -0.2) is 8.42 Å². The topological polar surface area (TPSA) is 46.6 Å². The summed E-state index contributed by atoms with van der Waals surface area (Å²) in [5.41, 5.74) is 0.699. The minimum absolute atomic E-state index is 0.129. The first-order chi connectivity index (χ1) is 9.86. The summed E-state index contributed by atoms with van der Waals surface area (Å²) in [5.74, 6) is 0.227. The summed E-state index contributed by atoms with van der Waals surface area (Å²) in [6.07, 6.45) is 1.81. The van der Waals surface area contributed by atoms with Gasteiger partial charge in [0.2, 0.25) is 10.0 Å². The molecule has 1 heterocycles. The van der Waals surface area contributed by atoms with Gasteiger partial charge in [0.05, 0.1) is 11.6 Å².